The molecule has 2 aromatic rings. The van der Waals surface area contributed by atoms with Crippen LogP contribution in [-0.2, 0) is 0 Å². The van der Waals surface area contributed by atoms with Crippen LogP contribution in [0.3, 0.4) is 0 Å². The number of nitrogens with one attached hydrogen (secondary N) is 2. The number of carbonyl (C=O) groups excluding carboxylic acids is 2. The van der Waals surface area contributed by atoms with Crippen molar-refractivity contribution in [2.75, 3.05) is 5.32 Å². The van der Waals surface area contributed by atoms with E-state index in [1.54, 1.807) is 18.2 Å². The molecule has 1 aromatic heterocycles. The molecule has 0 saturated heterocycles. The summed E-state index contributed by atoms with van der Waals surface area (Å²) in [7, 11) is 0. The van der Waals surface area contributed by atoms with Crippen LogP contribution in [0, 0.1) is 0 Å². The van der Waals surface area contributed by atoms with Gasteiger partial charge in [-0.3, -0.25) is 14.9 Å². The predicted molar refractivity (Wildman–Crippen MR) is 104 cm³/mol. The van der Waals surface area contributed by atoms with Gasteiger partial charge in [0.1, 0.15) is 5.02 Å². The first-order valence-corrected chi connectivity index (χ1v) is 9.37. The van der Waals surface area contributed by atoms with Crippen molar-refractivity contribution < 1.29 is 9.59 Å². The predicted octanol–water partition coefficient (Wildman–Crippen LogP) is 4.02. The van der Waals surface area contributed by atoms with Gasteiger partial charge in [0.2, 0.25) is 0 Å². The zero-order chi connectivity index (χ0) is 19.4. The van der Waals surface area contributed by atoms with Gasteiger partial charge in [-0.25, -0.2) is 9.48 Å². The number of amides is 3. The highest BCUT2D eigenvalue weighted by Crippen LogP contribution is 2.27. The number of aromatic nitrogens is 2. The molecule has 1 heterocycles. The van der Waals surface area contributed by atoms with Crippen molar-refractivity contribution in [2.24, 2.45) is 0 Å². The highest BCUT2D eigenvalue weighted by Gasteiger charge is 2.21. The largest absolute Gasteiger partial charge is 0.326 e. The van der Waals surface area contributed by atoms with Crippen molar-refractivity contribution in [1.29, 1.82) is 0 Å². The Morgan fingerprint density at radius 3 is 2.52 bits per heavy atom. The van der Waals surface area contributed by atoms with Crippen molar-refractivity contribution in [3.63, 3.8) is 0 Å². The smallest absolute Gasteiger partial charge is 0.305 e. The molecule has 0 aliphatic heterocycles. The SMILES string of the molecule is O=C(NC(=O)c1ccccc1Cl)Nc1cnn(C2CCCCC2)c(=O)c1Cl. The lowest BCUT2D eigenvalue weighted by Gasteiger charge is -2.23. The van der Waals surface area contributed by atoms with Gasteiger partial charge in [-0.15, -0.1) is 0 Å². The molecule has 1 aliphatic carbocycles. The van der Waals surface area contributed by atoms with E-state index in [0.717, 1.165) is 32.1 Å². The summed E-state index contributed by atoms with van der Waals surface area (Å²) in [6, 6.07) is 5.52. The molecule has 0 bridgehead atoms. The average molecular weight is 409 g/mol. The maximum atomic E-state index is 12.5. The third-order valence-electron chi connectivity index (χ3n) is 4.46. The molecular formula is C18H18Cl2N4O3. The second kappa shape index (κ2) is 8.54. The summed E-state index contributed by atoms with van der Waals surface area (Å²) in [4.78, 5) is 36.7. The van der Waals surface area contributed by atoms with E-state index in [1.807, 2.05) is 0 Å². The molecule has 27 heavy (non-hydrogen) atoms. The molecule has 1 aliphatic rings. The maximum Gasteiger partial charge on any atom is 0.326 e. The van der Waals surface area contributed by atoms with Crippen molar-refractivity contribution in [1.82, 2.24) is 15.1 Å². The van der Waals surface area contributed by atoms with Crippen LogP contribution >= 0.6 is 23.2 Å². The second-order valence-electron chi connectivity index (χ2n) is 6.30. The molecule has 0 unspecified atom stereocenters. The highest BCUT2D eigenvalue weighted by atomic mass is 35.5. The van der Waals surface area contributed by atoms with Gasteiger partial charge >= 0.3 is 6.03 Å². The normalized spacial score (nSPS) is 14.6. The third-order valence-corrected chi connectivity index (χ3v) is 5.15. The second-order valence-corrected chi connectivity index (χ2v) is 7.09. The Morgan fingerprint density at radius 2 is 1.81 bits per heavy atom. The molecule has 1 saturated carbocycles. The molecule has 0 spiro atoms. The first-order chi connectivity index (χ1) is 13.0. The van der Waals surface area contributed by atoms with Crippen LogP contribution in [0.4, 0.5) is 10.5 Å². The van der Waals surface area contributed by atoms with Gasteiger partial charge in [0.05, 0.1) is 28.5 Å². The summed E-state index contributed by atoms with van der Waals surface area (Å²) in [5, 5.41) is 8.74. The molecule has 3 rings (SSSR count). The number of urea groups is 1. The van der Waals surface area contributed by atoms with E-state index in [4.69, 9.17) is 23.2 Å². The van der Waals surface area contributed by atoms with E-state index in [2.05, 4.69) is 15.7 Å². The zero-order valence-corrected chi connectivity index (χ0v) is 15.9. The van der Waals surface area contributed by atoms with Gasteiger partial charge in [-0.1, -0.05) is 54.6 Å². The molecule has 1 fully saturated rings. The summed E-state index contributed by atoms with van der Waals surface area (Å²) < 4.78 is 1.37. The molecule has 0 atom stereocenters. The fourth-order valence-electron chi connectivity index (χ4n) is 3.09. The Kier molecular flexibility index (Phi) is 6.13. The van der Waals surface area contributed by atoms with E-state index in [-0.39, 0.29) is 27.3 Å². The van der Waals surface area contributed by atoms with Gasteiger partial charge in [0, 0.05) is 0 Å². The number of hydrogen-bond donors (Lipinski definition) is 2. The van der Waals surface area contributed by atoms with Crippen molar-refractivity contribution in [3.05, 3.63) is 56.4 Å². The third kappa shape index (κ3) is 4.48. The van der Waals surface area contributed by atoms with Crippen LogP contribution in [0.1, 0.15) is 48.5 Å². The lowest BCUT2D eigenvalue weighted by Crippen LogP contribution is -2.36. The molecule has 142 valence electrons. The minimum Gasteiger partial charge on any atom is -0.305 e. The summed E-state index contributed by atoms with van der Waals surface area (Å²) in [5.74, 6) is -0.669. The number of halogens is 2. The van der Waals surface area contributed by atoms with Gasteiger partial charge in [-0.05, 0) is 25.0 Å². The van der Waals surface area contributed by atoms with Crippen LogP contribution in [-0.4, -0.2) is 21.7 Å². The number of imide groups is 1. The maximum absolute atomic E-state index is 12.5. The van der Waals surface area contributed by atoms with Gasteiger partial charge in [0.25, 0.3) is 11.5 Å². The van der Waals surface area contributed by atoms with Crippen LogP contribution in [0.25, 0.3) is 0 Å². The van der Waals surface area contributed by atoms with E-state index in [1.165, 1.54) is 16.9 Å². The molecule has 9 heteroatoms. The topological polar surface area (TPSA) is 93.1 Å². The molecule has 3 amide bonds. The van der Waals surface area contributed by atoms with Crippen molar-refractivity contribution >= 4 is 40.8 Å². The van der Waals surface area contributed by atoms with E-state index >= 15 is 0 Å². The van der Waals surface area contributed by atoms with E-state index < -0.39 is 17.5 Å². The Bertz CT molecular complexity index is 923. The fourth-order valence-corrected chi connectivity index (χ4v) is 3.49. The van der Waals surface area contributed by atoms with Gasteiger partial charge in [-0.2, -0.15) is 5.10 Å². The standard InChI is InChI=1S/C18H18Cl2N4O3/c19-13-9-5-4-8-12(13)16(25)23-18(27)22-14-10-21-24(17(26)15(14)20)11-6-2-1-3-7-11/h4-5,8-11H,1-3,6-7H2,(H2,22,23,25,27). The minimum absolute atomic E-state index is 0.0217. The summed E-state index contributed by atoms with van der Waals surface area (Å²) >= 11 is 12.1. The van der Waals surface area contributed by atoms with Gasteiger partial charge in [0.15, 0.2) is 0 Å². The number of carbonyl (C=O) groups is 2. The highest BCUT2D eigenvalue weighted by molar-refractivity contribution is 6.34. The number of benzene rings is 1. The fraction of sp³-hybridized carbons (Fsp3) is 0.333. The lowest BCUT2D eigenvalue weighted by atomic mass is 9.96. The van der Waals surface area contributed by atoms with E-state index in [0.29, 0.717) is 0 Å². The van der Waals surface area contributed by atoms with Crippen molar-refractivity contribution in [2.45, 2.75) is 38.1 Å². The Hall–Kier alpha value is -2.38. The number of anilines is 1. The van der Waals surface area contributed by atoms with Crippen molar-refractivity contribution in [3.8, 4) is 0 Å². The van der Waals surface area contributed by atoms with Crippen LogP contribution in [0.15, 0.2) is 35.3 Å². The lowest BCUT2D eigenvalue weighted by molar-refractivity contribution is 0.0967. The number of rotatable bonds is 3. The minimum atomic E-state index is -0.835. The van der Waals surface area contributed by atoms with Crippen LogP contribution in [0.5, 0.6) is 0 Å². The summed E-state index contributed by atoms with van der Waals surface area (Å²) in [6.45, 7) is 0. The number of hydrogen-bond acceptors (Lipinski definition) is 4. The molecule has 7 nitrogen and oxygen atoms in total. The van der Waals surface area contributed by atoms with Crippen LogP contribution in [0.2, 0.25) is 10.0 Å². The first kappa shape index (κ1) is 19.4. The van der Waals surface area contributed by atoms with Crippen LogP contribution < -0.4 is 16.2 Å². The zero-order valence-electron chi connectivity index (χ0n) is 14.4. The monoisotopic (exact) mass is 408 g/mol. The van der Waals surface area contributed by atoms with Gasteiger partial charge < -0.3 is 5.32 Å². The number of nitrogens with zero attached hydrogens (tertiary/aromatic N) is 2. The summed E-state index contributed by atoms with van der Waals surface area (Å²) in [5.41, 5.74) is -0.261. The average Bonchev–Trinajstić information content (AvgIpc) is 2.66. The Balaban J connectivity index is 1.71. The Labute approximate surface area is 165 Å². The Morgan fingerprint density at radius 1 is 1.11 bits per heavy atom. The molecule has 1 aromatic carbocycles. The first-order valence-electron chi connectivity index (χ1n) is 8.61. The molecule has 0 radical (unpaired) electrons. The molecule has 2 N–H and O–H groups in total. The quantitative estimate of drug-likeness (QED) is 0.801. The molecular weight excluding hydrogens is 391 g/mol. The van der Waals surface area contributed by atoms with E-state index in [9.17, 15) is 14.4 Å². The summed E-state index contributed by atoms with van der Waals surface area (Å²) in [6.07, 6.45) is 6.31.